The number of aliphatic imine (C=N–C) groups is 1. The number of benzene rings is 2. The van der Waals surface area contributed by atoms with Gasteiger partial charge in [-0.25, -0.2) is 4.99 Å². The zero-order chi connectivity index (χ0) is 20.5. The Morgan fingerprint density at radius 3 is 2.76 bits per heavy atom. The van der Waals surface area contributed by atoms with E-state index in [0.29, 0.717) is 19.7 Å². The third-order valence-electron chi connectivity index (χ3n) is 4.42. The highest BCUT2D eigenvalue weighted by molar-refractivity contribution is 5.79. The van der Waals surface area contributed by atoms with E-state index in [1.54, 1.807) is 0 Å². The van der Waals surface area contributed by atoms with Gasteiger partial charge in [-0.1, -0.05) is 24.3 Å². The zero-order valence-electron chi connectivity index (χ0n) is 17.4. The molecule has 0 fully saturated rings. The second-order valence-corrected chi connectivity index (χ2v) is 7.00. The van der Waals surface area contributed by atoms with Crippen LogP contribution in [0.5, 0.6) is 17.2 Å². The molecule has 1 heterocycles. The van der Waals surface area contributed by atoms with Gasteiger partial charge in [0.25, 0.3) is 0 Å². The van der Waals surface area contributed by atoms with Crippen molar-refractivity contribution in [1.29, 1.82) is 0 Å². The summed E-state index contributed by atoms with van der Waals surface area (Å²) in [6, 6.07) is 14.0. The van der Waals surface area contributed by atoms with Crippen molar-refractivity contribution >= 4 is 5.96 Å². The molecule has 0 bridgehead atoms. The smallest absolute Gasteiger partial charge is 0.231 e. The summed E-state index contributed by atoms with van der Waals surface area (Å²) < 4.78 is 16.7. The number of likely N-dealkylation sites (N-methyl/N-ethyl adjacent to an activating group) is 1. The molecule has 1 aliphatic rings. The summed E-state index contributed by atoms with van der Waals surface area (Å²) in [6.07, 6.45) is 0. The van der Waals surface area contributed by atoms with Gasteiger partial charge in [0, 0.05) is 25.2 Å². The molecule has 0 aliphatic carbocycles. The maximum absolute atomic E-state index is 5.94. The number of guanidine groups is 1. The van der Waals surface area contributed by atoms with Crippen LogP contribution in [0.3, 0.4) is 0 Å². The lowest BCUT2D eigenvalue weighted by atomic mass is 10.2. The van der Waals surface area contributed by atoms with Gasteiger partial charge in [0.1, 0.15) is 12.4 Å². The van der Waals surface area contributed by atoms with Crippen LogP contribution < -0.4 is 24.8 Å². The van der Waals surface area contributed by atoms with Crippen molar-refractivity contribution < 1.29 is 14.2 Å². The molecule has 0 saturated carbocycles. The van der Waals surface area contributed by atoms with Gasteiger partial charge in [0.15, 0.2) is 17.5 Å². The fourth-order valence-corrected chi connectivity index (χ4v) is 2.86. The van der Waals surface area contributed by atoms with E-state index in [0.717, 1.165) is 47.4 Å². The quantitative estimate of drug-likeness (QED) is 0.500. The summed E-state index contributed by atoms with van der Waals surface area (Å²) in [7, 11) is 4.08. The van der Waals surface area contributed by atoms with Crippen molar-refractivity contribution in [2.45, 2.75) is 20.0 Å². The van der Waals surface area contributed by atoms with E-state index >= 15 is 0 Å². The minimum atomic E-state index is 0.280. The van der Waals surface area contributed by atoms with Crippen molar-refractivity contribution in [2.24, 2.45) is 4.99 Å². The van der Waals surface area contributed by atoms with E-state index in [4.69, 9.17) is 14.2 Å². The molecule has 3 rings (SSSR count). The Kier molecular flexibility index (Phi) is 7.58. The number of para-hydroxylation sites is 1. The van der Waals surface area contributed by atoms with Crippen LogP contribution in [0.2, 0.25) is 0 Å². The van der Waals surface area contributed by atoms with Gasteiger partial charge in [-0.05, 0) is 44.8 Å². The Hall–Kier alpha value is -2.93. The lowest BCUT2D eigenvalue weighted by molar-refractivity contribution is 0.174. The second-order valence-electron chi connectivity index (χ2n) is 7.00. The van der Waals surface area contributed by atoms with Crippen LogP contribution in [0.15, 0.2) is 47.5 Å². The van der Waals surface area contributed by atoms with Gasteiger partial charge < -0.3 is 29.7 Å². The number of rotatable bonds is 9. The fourth-order valence-electron chi connectivity index (χ4n) is 2.86. The monoisotopic (exact) mass is 398 g/mol. The lowest BCUT2D eigenvalue weighted by Crippen LogP contribution is -2.36. The molecule has 0 radical (unpaired) electrons. The number of hydrogen-bond donors (Lipinski definition) is 2. The summed E-state index contributed by atoms with van der Waals surface area (Å²) in [6.45, 7) is 5.83. The predicted octanol–water partition coefficient (Wildman–Crippen LogP) is 2.61. The van der Waals surface area contributed by atoms with Gasteiger partial charge in [-0.2, -0.15) is 0 Å². The van der Waals surface area contributed by atoms with E-state index in [9.17, 15) is 0 Å². The molecule has 7 heteroatoms. The van der Waals surface area contributed by atoms with E-state index in [-0.39, 0.29) is 6.79 Å². The van der Waals surface area contributed by atoms with Crippen LogP contribution in [0.25, 0.3) is 0 Å². The summed E-state index contributed by atoms with van der Waals surface area (Å²) >= 11 is 0. The average molecular weight is 399 g/mol. The molecular weight excluding hydrogens is 368 g/mol. The first-order valence-electron chi connectivity index (χ1n) is 9.92. The molecule has 2 aromatic rings. The lowest BCUT2D eigenvalue weighted by Gasteiger charge is -2.16. The molecule has 0 aromatic heterocycles. The maximum Gasteiger partial charge on any atom is 0.231 e. The van der Waals surface area contributed by atoms with Gasteiger partial charge in [0.05, 0.1) is 6.54 Å². The second kappa shape index (κ2) is 10.6. The Balaban J connectivity index is 1.60. The molecule has 2 N–H and O–H groups in total. The Bertz CT molecular complexity index is 823. The van der Waals surface area contributed by atoms with Crippen molar-refractivity contribution in [3.8, 4) is 17.2 Å². The van der Waals surface area contributed by atoms with Crippen molar-refractivity contribution in [3.63, 3.8) is 0 Å². The molecule has 0 atom stereocenters. The number of nitrogens with zero attached hydrogens (tertiary/aromatic N) is 2. The molecular formula is C22H30N4O3. The molecule has 29 heavy (non-hydrogen) atoms. The third-order valence-corrected chi connectivity index (χ3v) is 4.42. The van der Waals surface area contributed by atoms with Crippen molar-refractivity contribution in [2.75, 3.05) is 40.6 Å². The van der Waals surface area contributed by atoms with E-state index in [1.165, 1.54) is 0 Å². The Morgan fingerprint density at radius 1 is 1.10 bits per heavy atom. The van der Waals surface area contributed by atoms with Crippen molar-refractivity contribution in [3.05, 3.63) is 53.6 Å². The minimum absolute atomic E-state index is 0.280. The van der Waals surface area contributed by atoms with E-state index in [2.05, 4.69) is 33.5 Å². The van der Waals surface area contributed by atoms with E-state index in [1.807, 2.05) is 50.5 Å². The largest absolute Gasteiger partial charge is 0.492 e. The van der Waals surface area contributed by atoms with E-state index < -0.39 is 0 Å². The maximum atomic E-state index is 5.94. The summed E-state index contributed by atoms with van der Waals surface area (Å²) in [5, 5.41) is 6.68. The predicted molar refractivity (Wildman–Crippen MR) is 115 cm³/mol. The highest BCUT2D eigenvalue weighted by Crippen LogP contribution is 2.32. The fraction of sp³-hybridized carbons (Fsp3) is 0.409. The highest BCUT2D eigenvalue weighted by atomic mass is 16.7. The first-order chi connectivity index (χ1) is 14.2. The molecule has 156 valence electrons. The first-order valence-corrected chi connectivity index (χ1v) is 9.92. The molecule has 1 aliphatic heterocycles. The first kappa shape index (κ1) is 20.8. The molecule has 2 aromatic carbocycles. The Morgan fingerprint density at radius 2 is 1.93 bits per heavy atom. The molecule has 0 saturated heterocycles. The van der Waals surface area contributed by atoms with Crippen LogP contribution in [0.1, 0.15) is 18.1 Å². The molecule has 0 spiro atoms. The van der Waals surface area contributed by atoms with Gasteiger partial charge in [-0.3, -0.25) is 0 Å². The van der Waals surface area contributed by atoms with Crippen LogP contribution in [-0.4, -0.2) is 51.4 Å². The van der Waals surface area contributed by atoms with Crippen LogP contribution in [0, 0.1) is 0 Å². The van der Waals surface area contributed by atoms with Crippen LogP contribution in [0.4, 0.5) is 0 Å². The van der Waals surface area contributed by atoms with Crippen molar-refractivity contribution in [1.82, 2.24) is 15.5 Å². The number of ether oxygens (including phenoxy) is 3. The number of hydrogen-bond acceptors (Lipinski definition) is 5. The highest BCUT2D eigenvalue weighted by Gasteiger charge is 2.13. The molecule has 0 amide bonds. The SMILES string of the molecule is CCNC(=NCc1ccc2c(c1)OCO2)NCc1ccccc1OCCN(C)C. The third kappa shape index (κ3) is 6.29. The molecule has 7 nitrogen and oxygen atoms in total. The minimum Gasteiger partial charge on any atom is -0.492 e. The Labute approximate surface area is 172 Å². The van der Waals surface area contributed by atoms with Crippen LogP contribution in [-0.2, 0) is 13.1 Å². The van der Waals surface area contributed by atoms with Gasteiger partial charge >= 0.3 is 0 Å². The normalized spacial score (nSPS) is 12.9. The van der Waals surface area contributed by atoms with Crippen LogP contribution >= 0.6 is 0 Å². The van der Waals surface area contributed by atoms with Gasteiger partial charge in [-0.15, -0.1) is 0 Å². The summed E-state index contributed by atoms with van der Waals surface area (Å²) in [4.78, 5) is 6.79. The summed E-state index contributed by atoms with van der Waals surface area (Å²) in [5.41, 5.74) is 2.17. The summed E-state index contributed by atoms with van der Waals surface area (Å²) in [5.74, 6) is 3.22. The average Bonchev–Trinajstić information content (AvgIpc) is 3.18. The zero-order valence-corrected chi connectivity index (χ0v) is 17.4. The number of nitrogens with one attached hydrogen (secondary N) is 2. The van der Waals surface area contributed by atoms with Gasteiger partial charge in [0.2, 0.25) is 6.79 Å². The number of fused-ring (bicyclic) bond motifs is 1. The standard InChI is InChI=1S/C22H30N4O3/c1-4-23-22(24-14-17-9-10-20-21(13-17)29-16-28-20)25-15-18-7-5-6-8-19(18)27-12-11-26(2)3/h5-10,13H,4,11-12,14-16H2,1-3H3,(H2,23,24,25). The molecule has 0 unspecified atom stereocenters. The topological polar surface area (TPSA) is 67.4 Å².